The largest absolute Gasteiger partial charge is 0.467 e. The van der Waals surface area contributed by atoms with Gasteiger partial charge in [0.05, 0.1) is 12.0 Å². The molecule has 3 aromatic heterocycles. The van der Waals surface area contributed by atoms with Crippen molar-refractivity contribution >= 4 is 17.6 Å². The topological polar surface area (TPSA) is 115 Å². The highest BCUT2D eigenvalue weighted by atomic mass is 16.5. The average Bonchev–Trinajstić information content (AvgIpc) is 3.31. The van der Waals surface area contributed by atoms with Gasteiger partial charge in [-0.1, -0.05) is 5.16 Å². The number of hydrogen-bond acceptors (Lipinski definition) is 6. The molecule has 3 aromatic rings. The molecule has 130 valence electrons. The lowest BCUT2D eigenvalue weighted by Gasteiger charge is -2.17. The molecule has 2 N–H and O–H groups in total. The molecule has 0 aromatic carbocycles. The van der Waals surface area contributed by atoms with Gasteiger partial charge in [0.15, 0.2) is 5.82 Å². The van der Waals surface area contributed by atoms with E-state index in [4.69, 9.17) is 4.42 Å². The highest BCUT2D eigenvalue weighted by Gasteiger charge is 2.22. The number of anilines is 1. The molecule has 0 saturated carbocycles. The maximum atomic E-state index is 12.0. The predicted molar refractivity (Wildman–Crippen MR) is 86.7 cm³/mol. The van der Waals surface area contributed by atoms with Crippen molar-refractivity contribution in [1.82, 2.24) is 20.3 Å². The summed E-state index contributed by atoms with van der Waals surface area (Å²) in [7, 11) is 0. The number of rotatable bonds is 5. The Morgan fingerprint density at radius 1 is 1.24 bits per heavy atom. The molecule has 3 heterocycles. The lowest BCUT2D eigenvalue weighted by atomic mass is 10.2. The van der Waals surface area contributed by atoms with Crippen molar-refractivity contribution in [1.29, 1.82) is 0 Å². The minimum absolute atomic E-state index is 0.139. The van der Waals surface area contributed by atoms with Gasteiger partial charge in [0, 0.05) is 18.3 Å². The van der Waals surface area contributed by atoms with Crippen LogP contribution in [0.2, 0.25) is 0 Å². The Hall–Kier alpha value is -3.36. The smallest absolute Gasteiger partial charge is 0.314 e. The lowest BCUT2D eigenvalue weighted by Crippen LogP contribution is -2.39. The summed E-state index contributed by atoms with van der Waals surface area (Å²) in [6.07, 6.45) is 2.84. The highest BCUT2D eigenvalue weighted by molar-refractivity contribution is 6.39. The summed E-state index contributed by atoms with van der Waals surface area (Å²) in [6.45, 7) is 3.93. The highest BCUT2D eigenvalue weighted by Crippen LogP contribution is 2.20. The van der Waals surface area contributed by atoms with Crippen molar-refractivity contribution in [3.8, 4) is 0 Å². The van der Waals surface area contributed by atoms with E-state index in [0.29, 0.717) is 5.76 Å². The first-order valence-corrected chi connectivity index (χ1v) is 7.60. The van der Waals surface area contributed by atoms with Crippen molar-refractivity contribution in [2.75, 3.05) is 11.9 Å². The van der Waals surface area contributed by atoms with Crippen LogP contribution in [0.1, 0.15) is 23.2 Å². The molecule has 1 unspecified atom stereocenters. The lowest BCUT2D eigenvalue weighted by molar-refractivity contribution is -0.136. The summed E-state index contributed by atoms with van der Waals surface area (Å²) in [5.41, 5.74) is 1.77. The minimum Gasteiger partial charge on any atom is -0.467 e. The van der Waals surface area contributed by atoms with Crippen LogP contribution in [0.15, 0.2) is 45.7 Å². The number of amides is 2. The molecule has 25 heavy (non-hydrogen) atoms. The second-order valence-electron chi connectivity index (χ2n) is 5.45. The van der Waals surface area contributed by atoms with Crippen LogP contribution in [0.4, 0.5) is 5.82 Å². The molecule has 9 heteroatoms. The Labute approximate surface area is 143 Å². The molecule has 0 saturated heterocycles. The van der Waals surface area contributed by atoms with Crippen molar-refractivity contribution < 1.29 is 18.5 Å². The van der Waals surface area contributed by atoms with Crippen molar-refractivity contribution in [2.24, 2.45) is 0 Å². The third kappa shape index (κ3) is 3.77. The van der Waals surface area contributed by atoms with Crippen LogP contribution < -0.4 is 10.6 Å². The zero-order valence-corrected chi connectivity index (χ0v) is 13.7. The van der Waals surface area contributed by atoms with Gasteiger partial charge < -0.3 is 14.3 Å². The maximum absolute atomic E-state index is 12.0. The second kappa shape index (κ2) is 7.04. The quantitative estimate of drug-likeness (QED) is 0.677. The van der Waals surface area contributed by atoms with E-state index in [0.717, 1.165) is 11.4 Å². The van der Waals surface area contributed by atoms with Crippen LogP contribution in [0.25, 0.3) is 0 Å². The summed E-state index contributed by atoms with van der Waals surface area (Å²) in [4.78, 5) is 23.9. The van der Waals surface area contributed by atoms with Crippen molar-refractivity contribution in [3.63, 3.8) is 0 Å². The summed E-state index contributed by atoms with van der Waals surface area (Å²) in [5, 5.41) is 12.9. The van der Waals surface area contributed by atoms with Gasteiger partial charge in [-0.3, -0.25) is 19.6 Å². The molecule has 0 fully saturated rings. The van der Waals surface area contributed by atoms with Crippen LogP contribution in [0.5, 0.6) is 0 Å². The third-order valence-electron chi connectivity index (χ3n) is 3.55. The Balaban J connectivity index is 1.70. The van der Waals surface area contributed by atoms with Crippen LogP contribution in [0, 0.1) is 13.8 Å². The molecule has 0 spiro atoms. The van der Waals surface area contributed by atoms with Crippen LogP contribution in [-0.4, -0.2) is 33.3 Å². The Kier molecular flexibility index (Phi) is 4.64. The Morgan fingerprint density at radius 3 is 2.68 bits per heavy atom. The summed E-state index contributed by atoms with van der Waals surface area (Å²) in [6, 6.07) is 6.55. The molecular formula is C16H17N5O4. The normalized spacial score (nSPS) is 11.9. The van der Waals surface area contributed by atoms with E-state index in [1.807, 2.05) is 19.9 Å². The number of furan rings is 1. The monoisotopic (exact) mass is 343 g/mol. The van der Waals surface area contributed by atoms with E-state index < -0.39 is 11.8 Å². The van der Waals surface area contributed by atoms with E-state index in [9.17, 15) is 9.59 Å². The molecule has 0 aliphatic rings. The number of nitrogens with one attached hydrogen (secondary N) is 2. The zero-order chi connectivity index (χ0) is 17.8. The van der Waals surface area contributed by atoms with Gasteiger partial charge in [-0.15, -0.1) is 0 Å². The van der Waals surface area contributed by atoms with Gasteiger partial charge in [0.1, 0.15) is 18.1 Å². The first kappa shape index (κ1) is 16.5. The molecule has 1 atom stereocenters. The first-order chi connectivity index (χ1) is 12.0. The number of carbonyl (C=O) groups is 2. The molecule has 9 nitrogen and oxygen atoms in total. The van der Waals surface area contributed by atoms with Crippen LogP contribution in [0.3, 0.4) is 0 Å². The first-order valence-electron chi connectivity index (χ1n) is 7.60. The van der Waals surface area contributed by atoms with Crippen molar-refractivity contribution in [2.45, 2.75) is 19.9 Å². The fourth-order valence-electron chi connectivity index (χ4n) is 2.47. The summed E-state index contributed by atoms with van der Waals surface area (Å²) in [5.74, 6) is -0.828. The Bertz CT molecular complexity index is 851. The minimum atomic E-state index is -0.833. The van der Waals surface area contributed by atoms with Crippen LogP contribution >= 0.6 is 0 Å². The summed E-state index contributed by atoms with van der Waals surface area (Å²) >= 11 is 0. The van der Waals surface area contributed by atoms with E-state index in [1.165, 1.54) is 12.3 Å². The molecule has 0 aliphatic heterocycles. The van der Waals surface area contributed by atoms with E-state index in [2.05, 4.69) is 25.4 Å². The molecule has 0 aliphatic carbocycles. The predicted octanol–water partition coefficient (Wildman–Crippen LogP) is 1.43. The number of hydrogen-bond donors (Lipinski definition) is 2. The SMILES string of the molecule is Cc1cc(C)n(C(CNC(=O)C(=O)Nc2ccon2)c2ccco2)n1. The number of carbonyl (C=O) groups excluding carboxylic acids is 2. The number of aryl methyl sites for hydroxylation is 2. The van der Waals surface area contributed by atoms with Crippen molar-refractivity contribution in [3.05, 3.63) is 53.9 Å². The third-order valence-corrected chi connectivity index (χ3v) is 3.55. The van der Waals surface area contributed by atoms with E-state index in [1.54, 1.807) is 23.1 Å². The van der Waals surface area contributed by atoms with Gasteiger partial charge in [-0.05, 0) is 32.0 Å². The number of aromatic nitrogens is 3. The molecule has 0 bridgehead atoms. The molecule has 3 rings (SSSR count). The fraction of sp³-hybridized carbons (Fsp3) is 0.250. The van der Waals surface area contributed by atoms with Gasteiger partial charge in [-0.2, -0.15) is 5.10 Å². The molecular weight excluding hydrogens is 326 g/mol. The number of nitrogens with zero attached hydrogens (tertiary/aromatic N) is 3. The maximum Gasteiger partial charge on any atom is 0.314 e. The van der Waals surface area contributed by atoms with Gasteiger partial charge in [-0.25, -0.2) is 0 Å². The second-order valence-corrected chi connectivity index (χ2v) is 5.45. The fourth-order valence-corrected chi connectivity index (χ4v) is 2.47. The standard InChI is InChI=1S/C16H17N5O4/c1-10-8-11(2)21(19-10)12(13-4-3-6-24-13)9-17-15(22)16(23)18-14-5-7-25-20-14/h3-8,12H,9H2,1-2H3,(H,17,22)(H,18,20,23). The molecule has 0 radical (unpaired) electrons. The molecule has 2 amide bonds. The Morgan fingerprint density at radius 2 is 2.08 bits per heavy atom. The van der Waals surface area contributed by atoms with Gasteiger partial charge >= 0.3 is 11.8 Å². The van der Waals surface area contributed by atoms with Crippen LogP contribution in [-0.2, 0) is 9.59 Å². The van der Waals surface area contributed by atoms with E-state index >= 15 is 0 Å². The average molecular weight is 343 g/mol. The van der Waals surface area contributed by atoms with Gasteiger partial charge in [0.25, 0.3) is 0 Å². The summed E-state index contributed by atoms with van der Waals surface area (Å²) < 4.78 is 11.8. The van der Waals surface area contributed by atoms with E-state index in [-0.39, 0.29) is 18.4 Å². The zero-order valence-electron chi connectivity index (χ0n) is 13.7. The van der Waals surface area contributed by atoms with Gasteiger partial charge in [0.2, 0.25) is 0 Å².